The summed E-state index contributed by atoms with van der Waals surface area (Å²) in [5.41, 5.74) is 1.55. The van der Waals surface area contributed by atoms with Crippen LogP contribution < -0.4 is 0 Å². The Balaban J connectivity index is 3.02. The Morgan fingerprint density at radius 2 is 1.94 bits per heavy atom. The van der Waals surface area contributed by atoms with Crippen LogP contribution in [-0.4, -0.2) is 9.55 Å². The van der Waals surface area contributed by atoms with Crippen LogP contribution in [0.3, 0.4) is 0 Å². The lowest BCUT2D eigenvalue weighted by Gasteiger charge is -2.31. The topological polar surface area (TPSA) is 17.8 Å². The van der Waals surface area contributed by atoms with Gasteiger partial charge in [-0.25, -0.2) is 4.98 Å². The molecule has 0 aliphatic rings. The lowest BCUT2D eigenvalue weighted by molar-refractivity contribution is 0.304. The van der Waals surface area contributed by atoms with Crippen LogP contribution in [0.4, 0.5) is 0 Å². The van der Waals surface area contributed by atoms with E-state index >= 15 is 0 Å². The summed E-state index contributed by atoms with van der Waals surface area (Å²) < 4.78 is 2.36. The molecule has 92 valence electrons. The first kappa shape index (κ1) is 13.3. The summed E-state index contributed by atoms with van der Waals surface area (Å²) in [6.07, 6.45) is 6.42. The molecular weight excluding hydrogens is 196 g/mol. The third-order valence-corrected chi connectivity index (χ3v) is 3.65. The van der Waals surface area contributed by atoms with Crippen molar-refractivity contribution >= 4 is 0 Å². The van der Waals surface area contributed by atoms with Crippen molar-refractivity contribution in [1.82, 2.24) is 9.55 Å². The summed E-state index contributed by atoms with van der Waals surface area (Å²) in [4.78, 5) is 4.34. The summed E-state index contributed by atoms with van der Waals surface area (Å²) in [5, 5.41) is 0. The maximum atomic E-state index is 4.34. The first-order valence-corrected chi connectivity index (χ1v) is 6.43. The van der Waals surface area contributed by atoms with Crippen molar-refractivity contribution in [3.8, 4) is 0 Å². The second-order valence-corrected chi connectivity index (χ2v) is 5.78. The van der Waals surface area contributed by atoms with E-state index in [0.717, 1.165) is 0 Å². The fraction of sp³-hybridized carbons (Fsp3) is 0.786. The van der Waals surface area contributed by atoms with E-state index in [4.69, 9.17) is 0 Å². The predicted octanol–water partition coefficient (Wildman–Crippen LogP) is 4.18. The molecule has 0 spiro atoms. The molecule has 0 aromatic carbocycles. The van der Waals surface area contributed by atoms with Gasteiger partial charge >= 0.3 is 0 Å². The first-order chi connectivity index (χ1) is 7.40. The summed E-state index contributed by atoms with van der Waals surface area (Å²) >= 11 is 0. The Morgan fingerprint density at radius 3 is 2.44 bits per heavy atom. The van der Waals surface area contributed by atoms with Crippen molar-refractivity contribution < 1.29 is 0 Å². The van der Waals surface area contributed by atoms with Gasteiger partial charge in [-0.3, -0.25) is 0 Å². The van der Waals surface area contributed by atoms with E-state index in [1.54, 1.807) is 0 Å². The Kier molecular flexibility index (Phi) is 4.17. The molecule has 0 aliphatic carbocycles. The van der Waals surface area contributed by atoms with Gasteiger partial charge in [0.1, 0.15) is 0 Å². The van der Waals surface area contributed by atoms with Gasteiger partial charge in [0.05, 0.1) is 6.33 Å². The van der Waals surface area contributed by atoms with Crippen LogP contribution >= 0.6 is 0 Å². The van der Waals surface area contributed by atoms with Gasteiger partial charge in [0.25, 0.3) is 0 Å². The maximum absolute atomic E-state index is 4.34. The molecule has 0 fully saturated rings. The van der Waals surface area contributed by atoms with Crippen LogP contribution in [0.5, 0.6) is 0 Å². The highest BCUT2D eigenvalue weighted by Gasteiger charge is 2.24. The van der Waals surface area contributed by atoms with Crippen LogP contribution in [0.1, 0.15) is 66.0 Å². The molecule has 0 aliphatic heterocycles. The van der Waals surface area contributed by atoms with E-state index < -0.39 is 0 Å². The molecule has 0 saturated carbocycles. The predicted molar refractivity (Wildman–Crippen MR) is 69.7 cm³/mol. The molecule has 2 heteroatoms. The summed E-state index contributed by atoms with van der Waals surface area (Å²) in [5.74, 6) is 1.23. The van der Waals surface area contributed by atoms with Crippen LogP contribution in [-0.2, 0) is 5.54 Å². The monoisotopic (exact) mass is 222 g/mol. The highest BCUT2D eigenvalue weighted by molar-refractivity contribution is 5.09. The molecule has 0 bridgehead atoms. The Labute approximate surface area is 100 Å². The van der Waals surface area contributed by atoms with Gasteiger partial charge in [-0.2, -0.15) is 0 Å². The molecule has 0 radical (unpaired) electrons. The third-order valence-electron chi connectivity index (χ3n) is 3.65. The lowest BCUT2D eigenvalue weighted by atomic mass is 9.92. The molecule has 1 unspecified atom stereocenters. The van der Waals surface area contributed by atoms with E-state index in [1.807, 2.05) is 12.5 Å². The largest absolute Gasteiger partial charge is 0.329 e. The minimum atomic E-state index is 0.184. The summed E-state index contributed by atoms with van der Waals surface area (Å²) in [6, 6.07) is 0. The van der Waals surface area contributed by atoms with Crippen molar-refractivity contribution in [1.29, 1.82) is 0 Å². The summed E-state index contributed by atoms with van der Waals surface area (Å²) in [7, 11) is 0. The quantitative estimate of drug-likeness (QED) is 0.731. The van der Waals surface area contributed by atoms with Crippen molar-refractivity contribution in [2.24, 2.45) is 5.92 Å². The third kappa shape index (κ3) is 2.66. The van der Waals surface area contributed by atoms with E-state index in [-0.39, 0.29) is 5.54 Å². The highest BCUT2D eigenvalue weighted by atomic mass is 15.1. The van der Waals surface area contributed by atoms with Gasteiger partial charge in [-0.15, -0.1) is 0 Å². The molecule has 1 rings (SSSR count). The van der Waals surface area contributed by atoms with Gasteiger partial charge in [0, 0.05) is 23.3 Å². The van der Waals surface area contributed by atoms with Crippen molar-refractivity contribution in [2.45, 2.75) is 65.8 Å². The molecule has 0 amide bonds. The molecule has 2 nitrogen and oxygen atoms in total. The van der Waals surface area contributed by atoms with Crippen molar-refractivity contribution in [3.05, 3.63) is 18.2 Å². The average Bonchev–Trinajstić information content (AvgIpc) is 2.65. The normalized spacial score (nSPS) is 14.4. The van der Waals surface area contributed by atoms with Crippen LogP contribution in [0.2, 0.25) is 0 Å². The lowest BCUT2D eigenvalue weighted by Crippen LogP contribution is -2.28. The maximum Gasteiger partial charge on any atom is 0.0953 e. The number of hydrogen-bond donors (Lipinski definition) is 0. The second kappa shape index (κ2) is 5.03. The number of imidazole rings is 1. The number of nitrogens with zero attached hydrogens (tertiary/aromatic N) is 2. The van der Waals surface area contributed by atoms with Gasteiger partial charge < -0.3 is 4.57 Å². The van der Waals surface area contributed by atoms with E-state index in [2.05, 4.69) is 51.1 Å². The molecule has 16 heavy (non-hydrogen) atoms. The zero-order valence-corrected chi connectivity index (χ0v) is 11.6. The average molecular weight is 222 g/mol. The van der Waals surface area contributed by atoms with Crippen molar-refractivity contribution in [2.75, 3.05) is 0 Å². The van der Waals surface area contributed by atoms with Gasteiger partial charge in [-0.05, 0) is 26.2 Å². The Hall–Kier alpha value is -0.790. The number of aromatic nitrogens is 2. The molecule has 0 saturated heterocycles. The van der Waals surface area contributed by atoms with E-state index in [9.17, 15) is 0 Å². The van der Waals surface area contributed by atoms with Gasteiger partial charge in [0.2, 0.25) is 0 Å². The number of hydrogen-bond acceptors (Lipinski definition) is 1. The summed E-state index contributed by atoms with van der Waals surface area (Å²) in [6.45, 7) is 13.7. The highest BCUT2D eigenvalue weighted by Crippen LogP contribution is 2.30. The molecule has 0 N–H and O–H groups in total. The Bertz CT molecular complexity index is 323. The molecule has 1 atom stereocenters. The standard InChI is InChI=1S/C14H26N2/c1-7-8-14(5,6)16-10-15-9-13(16)12(4)11(2)3/h9-12H,7-8H2,1-6H3. The molecule has 1 heterocycles. The number of rotatable bonds is 5. The fourth-order valence-corrected chi connectivity index (χ4v) is 2.22. The molecule has 1 aromatic rings. The minimum absolute atomic E-state index is 0.184. The SMILES string of the molecule is CCCC(C)(C)n1cncc1C(C)C(C)C. The zero-order valence-electron chi connectivity index (χ0n) is 11.6. The second-order valence-electron chi connectivity index (χ2n) is 5.78. The first-order valence-electron chi connectivity index (χ1n) is 6.43. The van der Waals surface area contributed by atoms with Crippen LogP contribution in [0.15, 0.2) is 12.5 Å². The van der Waals surface area contributed by atoms with Gasteiger partial charge in [0.15, 0.2) is 0 Å². The fourth-order valence-electron chi connectivity index (χ4n) is 2.22. The Morgan fingerprint density at radius 1 is 1.31 bits per heavy atom. The van der Waals surface area contributed by atoms with E-state index in [0.29, 0.717) is 11.8 Å². The van der Waals surface area contributed by atoms with E-state index in [1.165, 1.54) is 18.5 Å². The van der Waals surface area contributed by atoms with Crippen molar-refractivity contribution in [3.63, 3.8) is 0 Å². The smallest absolute Gasteiger partial charge is 0.0953 e. The zero-order chi connectivity index (χ0) is 12.3. The van der Waals surface area contributed by atoms with Gasteiger partial charge in [-0.1, -0.05) is 34.1 Å². The van der Waals surface area contributed by atoms with Crippen LogP contribution in [0.25, 0.3) is 0 Å². The van der Waals surface area contributed by atoms with Crippen LogP contribution in [0, 0.1) is 5.92 Å². The minimum Gasteiger partial charge on any atom is -0.329 e. The molecular formula is C14H26N2. The molecule has 1 aromatic heterocycles.